The number of Topliss-reactive ketones (excluding diaryl/α,β-unsaturated/α-hetero) is 2. The monoisotopic (exact) mass is 318 g/mol. The number of hydrogen-bond donors (Lipinski definition) is 7. The lowest BCUT2D eigenvalue weighted by Gasteiger charge is -2.24. The minimum Gasteiger partial charge on any atom is -0.394 e. The number of carbonyl (C=O) groups excluding carboxylic acids is 2. The highest BCUT2D eigenvalue weighted by molar-refractivity contribution is 6.40. The summed E-state index contributed by atoms with van der Waals surface area (Å²) >= 11 is 0. The second-order valence-corrected chi connectivity index (χ2v) is 4.74. The standard InChI is InChI=1S/C12H19N3O7/c13-6(1-5-2-14-4-15-5)8(18)10(20)12(22)11(21)9(19)7(17)3-16/h2,4,6-7,9,11-12,16-17,19,21-22H,1,3,13H2,(H,14,15)/t6-,7+,9+,11-,12-/m0/s1/i/hD. The molecular weight excluding hydrogens is 298 g/mol. The van der Waals surface area contributed by atoms with Crippen LogP contribution in [0.3, 0.4) is 0 Å². The highest BCUT2D eigenvalue weighted by atomic mass is 16.4. The third-order valence-corrected chi connectivity index (χ3v) is 3.06. The van der Waals surface area contributed by atoms with Gasteiger partial charge in [0.1, 0.15) is 25.8 Å². The van der Waals surface area contributed by atoms with Gasteiger partial charge in [-0.05, 0) is 0 Å². The lowest BCUT2D eigenvalue weighted by atomic mass is 9.95. The Hall–Kier alpha value is -1.69. The highest BCUT2D eigenvalue weighted by Crippen LogP contribution is 2.08. The number of nitrogens with one attached hydrogen (secondary N) is 1. The zero-order chi connectivity index (χ0) is 17.6. The summed E-state index contributed by atoms with van der Waals surface area (Å²) in [6.45, 7) is -0.913. The van der Waals surface area contributed by atoms with Gasteiger partial charge in [-0.15, -0.1) is 0 Å². The van der Waals surface area contributed by atoms with Crippen LogP contribution in [0.1, 0.15) is 5.69 Å². The third-order valence-electron chi connectivity index (χ3n) is 3.06. The van der Waals surface area contributed by atoms with Crippen molar-refractivity contribution in [3.8, 4) is 0 Å². The first-order valence-electron chi connectivity index (χ1n) is 6.89. The van der Waals surface area contributed by atoms with E-state index in [1.807, 2.05) is 5.73 Å². The van der Waals surface area contributed by atoms with Gasteiger partial charge in [-0.1, -0.05) is 0 Å². The molecule has 1 aromatic rings. The largest absolute Gasteiger partial charge is 0.394 e. The van der Waals surface area contributed by atoms with Crippen LogP contribution in [0.4, 0.5) is 0 Å². The van der Waals surface area contributed by atoms with Crippen LogP contribution in [0.15, 0.2) is 12.5 Å². The molecule has 1 rings (SSSR count). The molecule has 0 fully saturated rings. The van der Waals surface area contributed by atoms with Crippen LogP contribution >= 0.6 is 0 Å². The van der Waals surface area contributed by atoms with Crippen LogP contribution < -0.4 is 5.73 Å². The van der Waals surface area contributed by atoms with Crippen LogP contribution in [0, 0.1) is 0 Å². The van der Waals surface area contributed by atoms with E-state index in [0.29, 0.717) is 5.69 Å². The molecule has 0 bridgehead atoms. The molecule has 8 N–H and O–H groups in total. The Kier molecular flexibility index (Phi) is 6.12. The van der Waals surface area contributed by atoms with Crippen LogP contribution in [0.2, 0.25) is 1.41 Å². The van der Waals surface area contributed by atoms with E-state index >= 15 is 0 Å². The van der Waals surface area contributed by atoms with Crippen LogP contribution in [0.5, 0.6) is 0 Å². The van der Waals surface area contributed by atoms with E-state index in [0.717, 1.165) is 0 Å². The first kappa shape index (κ1) is 16.7. The number of ketones is 2. The number of carbonyl (C=O) groups is 2. The Labute approximate surface area is 126 Å². The molecule has 22 heavy (non-hydrogen) atoms. The van der Waals surface area contributed by atoms with Crippen LogP contribution in [-0.4, -0.2) is 84.1 Å². The topological polar surface area (TPSA) is 190 Å². The number of aliphatic hydroxyl groups is 5. The average molecular weight is 318 g/mol. The molecule has 10 nitrogen and oxygen atoms in total. The molecule has 0 aromatic carbocycles. The van der Waals surface area contributed by atoms with Gasteiger partial charge < -0.3 is 36.2 Å². The molecule has 0 aliphatic rings. The molecule has 10 heteroatoms. The predicted octanol–water partition coefficient (Wildman–Crippen LogP) is -4.15. The molecule has 0 radical (unpaired) electrons. The van der Waals surface area contributed by atoms with Gasteiger partial charge in [-0.2, -0.15) is 0 Å². The Morgan fingerprint density at radius 1 is 1.27 bits per heavy atom. The van der Waals surface area contributed by atoms with Crippen LogP contribution in [0.25, 0.3) is 0 Å². The van der Waals surface area contributed by atoms with Gasteiger partial charge in [0.25, 0.3) is 0 Å². The first-order valence-corrected chi connectivity index (χ1v) is 6.39. The van der Waals surface area contributed by atoms with Crippen molar-refractivity contribution in [3.63, 3.8) is 0 Å². The molecule has 0 aliphatic carbocycles. The zero-order valence-electron chi connectivity index (χ0n) is 12.5. The lowest BCUT2D eigenvalue weighted by molar-refractivity contribution is -0.154. The van der Waals surface area contributed by atoms with Crippen molar-refractivity contribution in [1.82, 2.24) is 9.97 Å². The van der Waals surface area contributed by atoms with Crippen molar-refractivity contribution < 1.29 is 36.5 Å². The van der Waals surface area contributed by atoms with Crippen molar-refractivity contribution in [2.24, 2.45) is 5.73 Å². The van der Waals surface area contributed by atoms with E-state index in [4.69, 9.17) is 6.52 Å². The van der Waals surface area contributed by atoms with E-state index < -0.39 is 48.6 Å². The fourth-order valence-corrected chi connectivity index (χ4v) is 1.70. The minimum absolute atomic E-state index is 0.0846. The van der Waals surface area contributed by atoms with Gasteiger partial charge in [0.05, 0.1) is 19.0 Å². The highest BCUT2D eigenvalue weighted by Gasteiger charge is 2.38. The quantitative estimate of drug-likeness (QED) is 0.210. The Bertz CT molecular complexity index is 513. The van der Waals surface area contributed by atoms with Gasteiger partial charge in [0.15, 0.2) is 0 Å². The molecule has 5 atom stereocenters. The second-order valence-electron chi connectivity index (χ2n) is 4.74. The number of nitrogens with two attached hydrogens (primary N) is 1. The van der Waals surface area contributed by atoms with Gasteiger partial charge in [-0.3, -0.25) is 9.59 Å². The molecule has 1 heterocycles. The van der Waals surface area contributed by atoms with E-state index in [2.05, 4.69) is 9.97 Å². The van der Waals surface area contributed by atoms with E-state index in [1.165, 1.54) is 12.5 Å². The van der Waals surface area contributed by atoms with Crippen LogP contribution in [-0.2, 0) is 16.0 Å². The Morgan fingerprint density at radius 3 is 2.45 bits per heavy atom. The molecule has 0 unspecified atom stereocenters. The number of aliphatic hydroxyl groups excluding tert-OH is 5. The number of imidazole rings is 1. The van der Waals surface area contributed by atoms with E-state index in [9.17, 15) is 30.0 Å². The number of hydrogen-bond acceptors (Lipinski definition) is 9. The average Bonchev–Trinajstić information content (AvgIpc) is 3.08. The van der Waals surface area contributed by atoms with Crippen molar-refractivity contribution in [2.45, 2.75) is 36.9 Å². The summed E-state index contributed by atoms with van der Waals surface area (Å²) in [5.41, 5.74) is 2.33. The molecule has 0 aliphatic heterocycles. The van der Waals surface area contributed by atoms with E-state index in [-0.39, 0.29) is 6.42 Å². The zero-order valence-corrected chi connectivity index (χ0v) is 11.5. The van der Waals surface area contributed by atoms with Gasteiger partial charge in [0.2, 0.25) is 11.6 Å². The van der Waals surface area contributed by atoms with Gasteiger partial charge in [-0.25, -0.2) is 4.98 Å². The van der Waals surface area contributed by atoms with E-state index in [1.54, 1.807) is 0 Å². The normalized spacial score (nSPS) is 18.9. The molecular formula is C12H19N3O7. The SMILES string of the molecule is [2H]N[C@@H](Cc1cnc[nH]1)C(=O)C(=O)[C@H](O)[C@@H](O)[C@H](O)[C@H](O)CO. The lowest BCUT2D eigenvalue weighted by Crippen LogP contribution is -2.52. The molecule has 124 valence electrons. The third kappa shape index (κ3) is 4.40. The maximum absolute atomic E-state index is 12.0. The molecule has 0 saturated carbocycles. The minimum atomic E-state index is -2.31. The molecule has 0 saturated heterocycles. The summed E-state index contributed by atoms with van der Waals surface area (Å²) in [5.74, 6) is -2.63. The summed E-state index contributed by atoms with van der Waals surface area (Å²) in [5, 5.41) is 46.5. The number of rotatable bonds is 10. The summed E-state index contributed by atoms with van der Waals surface area (Å²) in [4.78, 5) is 30.2. The molecule has 0 amide bonds. The number of nitrogens with zero attached hydrogens (tertiary/aromatic N) is 1. The molecule has 1 aromatic heterocycles. The fourth-order valence-electron chi connectivity index (χ4n) is 1.70. The summed E-state index contributed by atoms with van der Waals surface area (Å²) in [6.07, 6.45) is -5.66. The maximum Gasteiger partial charge on any atom is 0.231 e. The Balaban J connectivity index is 2.74. The Morgan fingerprint density at radius 2 is 1.95 bits per heavy atom. The number of H-pyrrole nitrogens is 1. The second kappa shape index (κ2) is 8.08. The van der Waals surface area contributed by atoms with Crippen molar-refractivity contribution in [2.75, 3.05) is 6.61 Å². The van der Waals surface area contributed by atoms with Crippen molar-refractivity contribution >= 4 is 11.6 Å². The fraction of sp³-hybridized carbons (Fsp3) is 0.583. The number of aromatic nitrogens is 2. The molecule has 0 spiro atoms. The summed E-state index contributed by atoms with van der Waals surface area (Å²) in [6, 6.07) is -1.30. The smallest absolute Gasteiger partial charge is 0.231 e. The van der Waals surface area contributed by atoms with Crippen molar-refractivity contribution in [3.05, 3.63) is 18.2 Å². The maximum atomic E-state index is 12.0. The van der Waals surface area contributed by atoms with Gasteiger partial charge in [0, 0.05) is 18.3 Å². The van der Waals surface area contributed by atoms with Gasteiger partial charge >= 0.3 is 0 Å². The predicted molar refractivity (Wildman–Crippen MR) is 71.4 cm³/mol. The number of aromatic amines is 1. The van der Waals surface area contributed by atoms with Crippen molar-refractivity contribution in [1.29, 1.82) is 0 Å². The summed E-state index contributed by atoms with van der Waals surface area (Å²) < 4.78 is 7.09. The first-order chi connectivity index (χ1) is 10.8. The summed E-state index contributed by atoms with van der Waals surface area (Å²) in [7, 11) is 0.